The minimum Gasteiger partial charge on any atom is -0.497 e. The minimum atomic E-state index is -3.83. The van der Waals surface area contributed by atoms with Gasteiger partial charge in [-0.25, -0.2) is 8.42 Å². The van der Waals surface area contributed by atoms with Gasteiger partial charge >= 0.3 is 0 Å². The highest BCUT2D eigenvalue weighted by Crippen LogP contribution is 2.31. The van der Waals surface area contributed by atoms with Crippen LogP contribution in [0.1, 0.15) is 5.69 Å². The average molecular weight is 374 g/mol. The van der Waals surface area contributed by atoms with Crippen molar-refractivity contribution in [3.8, 4) is 22.8 Å². The number of ether oxygens (including phenoxy) is 2. The lowest BCUT2D eigenvalue weighted by molar-refractivity contribution is 0.401. The molecular weight excluding hydrogens is 356 g/mol. The minimum absolute atomic E-state index is 0.0239. The van der Waals surface area contributed by atoms with Crippen molar-refractivity contribution in [2.75, 3.05) is 18.9 Å². The first kappa shape index (κ1) is 17.8. The highest BCUT2D eigenvalue weighted by Gasteiger charge is 2.21. The fourth-order valence-corrected chi connectivity index (χ4v) is 3.62. The lowest BCUT2D eigenvalue weighted by atomic mass is 10.1. The number of methoxy groups -OCH3 is 2. The number of aryl methyl sites for hydroxylation is 1. The van der Waals surface area contributed by atoms with Crippen LogP contribution in [-0.2, 0) is 10.0 Å². The van der Waals surface area contributed by atoms with Crippen molar-refractivity contribution < 1.29 is 22.4 Å². The molecule has 3 rings (SSSR count). The van der Waals surface area contributed by atoms with Gasteiger partial charge in [0.25, 0.3) is 10.0 Å². The molecule has 7 nitrogen and oxygen atoms in total. The van der Waals surface area contributed by atoms with Gasteiger partial charge in [0.05, 0.1) is 19.9 Å². The van der Waals surface area contributed by atoms with Gasteiger partial charge in [0.1, 0.15) is 16.4 Å². The van der Waals surface area contributed by atoms with E-state index in [-0.39, 0.29) is 10.6 Å². The van der Waals surface area contributed by atoms with Crippen LogP contribution < -0.4 is 14.2 Å². The van der Waals surface area contributed by atoms with Crippen molar-refractivity contribution in [2.24, 2.45) is 0 Å². The first-order valence-electron chi connectivity index (χ1n) is 7.71. The van der Waals surface area contributed by atoms with E-state index in [4.69, 9.17) is 14.0 Å². The summed E-state index contributed by atoms with van der Waals surface area (Å²) in [4.78, 5) is 0.0239. The van der Waals surface area contributed by atoms with Gasteiger partial charge in [-0.2, -0.15) is 0 Å². The fourth-order valence-electron chi connectivity index (χ4n) is 2.41. The zero-order valence-electron chi connectivity index (χ0n) is 14.5. The molecule has 0 unspecified atom stereocenters. The van der Waals surface area contributed by atoms with E-state index in [1.807, 2.05) is 6.92 Å². The summed E-state index contributed by atoms with van der Waals surface area (Å²) >= 11 is 0. The maximum Gasteiger partial charge on any atom is 0.265 e. The first-order valence-corrected chi connectivity index (χ1v) is 9.20. The lowest BCUT2D eigenvalue weighted by Gasteiger charge is -2.12. The smallest absolute Gasteiger partial charge is 0.265 e. The van der Waals surface area contributed by atoms with Gasteiger partial charge in [-0.3, -0.25) is 4.72 Å². The fraction of sp³-hybridized carbons (Fsp3) is 0.167. The molecule has 26 heavy (non-hydrogen) atoms. The molecule has 0 amide bonds. The zero-order valence-corrected chi connectivity index (χ0v) is 15.3. The molecule has 0 fully saturated rings. The Morgan fingerprint density at radius 3 is 2.31 bits per heavy atom. The van der Waals surface area contributed by atoms with Crippen LogP contribution in [0.2, 0.25) is 0 Å². The van der Waals surface area contributed by atoms with E-state index in [0.29, 0.717) is 22.8 Å². The van der Waals surface area contributed by atoms with Crippen molar-refractivity contribution >= 4 is 15.7 Å². The van der Waals surface area contributed by atoms with Crippen molar-refractivity contribution in [3.63, 3.8) is 0 Å². The van der Waals surface area contributed by atoms with E-state index in [2.05, 4.69) is 9.88 Å². The highest BCUT2D eigenvalue weighted by atomic mass is 32.2. The number of benzene rings is 2. The van der Waals surface area contributed by atoms with Gasteiger partial charge < -0.3 is 14.0 Å². The Kier molecular flexibility index (Phi) is 4.85. The molecule has 0 saturated carbocycles. The maximum absolute atomic E-state index is 12.7. The Balaban J connectivity index is 1.93. The van der Waals surface area contributed by atoms with Crippen LogP contribution in [0.5, 0.6) is 11.5 Å². The number of nitrogens with zero attached hydrogens (tertiary/aromatic N) is 1. The highest BCUT2D eigenvalue weighted by molar-refractivity contribution is 7.92. The van der Waals surface area contributed by atoms with Crippen LogP contribution in [0, 0.1) is 6.92 Å². The van der Waals surface area contributed by atoms with E-state index < -0.39 is 10.0 Å². The molecule has 0 aliphatic heterocycles. The number of anilines is 1. The second-order valence-electron chi connectivity index (χ2n) is 5.53. The molecule has 136 valence electrons. The summed E-state index contributed by atoms with van der Waals surface area (Å²) in [7, 11) is -0.874. The summed E-state index contributed by atoms with van der Waals surface area (Å²) in [5.41, 5.74) is 1.82. The molecule has 1 heterocycles. The quantitative estimate of drug-likeness (QED) is 0.710. The van der Waals surface area contributed by atoms with Gasteiger partial charge in [-0.05, 0) is 49.4 Å². The number of aromatic nitrogens is 1. The molecule has 3 aromatic rings. The zero-order chi connectivity index (χ0) is 18.7. The predicted molar refractivity (Wildman–Crippen MR) is 97.0 cm³/mol. The molecule has 0 radical (unpaired) electrons. The Bertz CT molecular complexity index is 1010. The number of sulfonamides is 1. The molecule has 0 atom stereocenters. The Morgan fingerprint density at radius 2 is 1.73 bits per heavy atom. The van der Waals surface area contributed by atoms with Crippen molar-refractivity contribution in [1.29, 1.82) is 0 Å². The molecule has 1 aromatic heterocycles. The Hall–Kier alpha value is -3.00. The van der Waals surface area contributed by atoms with Gasteiger partial charge in [0.15, 0.2) is 5.76 Å². The molecule has 0 saturated heterocycles. The second-order valence-corrected chi connectivity index (χ2v) is 7.18. The van der Waals surface area contributed by atoms with Gasteiger partial charge in [0, 0.05) is 17.3 Å². The van der Waals surface area contributed by atoms with Crippen molar-refractivity contribution in [3.05, 3.63) is 54.2 Å². The summed E-state index contributed by atoms with van der Waals surface area (Å²) in [6.07, 6.45) is 0. The average Bonchev–Trinajstić information content (AvgIpc) is 3.08. The van der Waals surface area contributed by atoms with E-state index in [1.54, 1.807) is 49.6 Å². The van der Waals surface area contributed by atoms with Gasteiger partial charge in [-0.15, -0.1) is 0 Å². The molecule has 0 bridgehead atoms. The van der Waals surface area contributed by atoms with Crippen LogP contribution in [0.4, 0.5) is 5.69 Å². The number of nitrogens with one attached hydrogen (secondary N) is 1. The van der Waals surface area contributed by atoms with E-state index in [1.165, 1.54) is 13.2 Å². The molecule has 0 aliphatic rings. The van der Waals surface area contributed by atoms with E-state index >= 15 is 0 Å². The summed E-state index contributed by atoms with van der Waals surface area (Å²) < 4.78 is 43.5. The van der Waals surface area contributed by atoms with Gasteiger partial charge in [0.2, 0.25) is 0 Å². The number of hydrogen-bond acceptors (Lipinski definition) is 6. The largest absolute Gasteiger partial charge is 0.497 e. The molecule has 8 heteroatoms. The normalized spacial score (nSPS) is 11.2. The number of rotatable bonds is 6. The second kappa shape index (κ2) is 7.09. The maximum atomic E-state index is 12.7. The monoisotopic (exact) mass is 374 g/mol. The number of hydrogen-bond donors (Lipinski definition) is 1. The molecular formula is C18H18N2O5S. The summed E-state index contributed by atoms with van der Waals surface area (Å²) in [5, 5.41) is 3.83. The molecule has 2 aromatic carbocycles. The van der Waals surface area contributed by atoms with Crippen molar-refractivity contribution in [2.45, 2.75) is 11.8 Å². The third-order valence-electron chi connectivity index (χ3n) is 3.71. The molecule has 0 spiro atoms. The van der Waals surface area contributed by atoms with Crippen LogP contribution >= 0.6 is 0 Å². The van der Waals surface area contributed by atoms with Crippen LogP contribution in [0.25, 0.3) is 11.3 Å². The first-order chi connectivity index (χ1) is 12.4. The third kappa shape index (κ3) is 3.65. The molecule has 1 N–H and O–H groups in total. The van der Waals surface area contributed by atoms with Gasteiger partial charge in [-0.1, -0.05) is 5.16 Å². The predicted octanol–water partition coefficient (Wildman–Crippen LogP) is 3.47. The van der Waals surface area contributed by atoms with E-state index in [9.17, 15) is 8.42 Å². The standard InChI is InChI=1S/C18H18N2O5S/c1-12-10-16(25-19-12)13-4-9-18(17(11-13)24-3)26(21,22)20-14-5-7-15(23-2)8-6-14/h4-11,20H,1-3H3. The molecule has 0 aliphatic carbocycles. The van der Waals surface area contributed by atoms with Crippen molar-refractivity contribution in [1.82, 2.24) is 5.16 Å². The summed E-state index contributed by atoms with van der Waals surface area (Å²) in [6, 6.07) is 13.1. The van der Waals surface area contributed by atoms with E-state index in [0.717, 1.165) is 5.69 Å². The van der Waals surface area contributed by atoms with Crippen LogP contribution in [-0.4, -0.2) is 27.8 Å². The Morgan fingerprint density at radius 1 is 1.00 bits per heavy atom. The summed E-state index contributed by atoms with van der Waals surface area (Å²) in [6.45, 7) is 1.81. The lowest BCUT2D eigenvalue weighted by Crippen LogP contribution is -2.14. The SMILES string of the molecule is COc1ccc(NS(=O)(=O)c2ccc(-c3cc(C)no3)cc2OC)cc1. The Labute approximate surface area is 151 Å². The topological polar surface area (TPSA) is 90.7 Å². The van der Waals surface area contributed by atoms with Crippen LogP contribution in [0.3, 0.4) is 0 Å². The third-order valence-corrected chi connectivity index (χ3v) is 5.13. The summed E-state index contributed by atoms with van der Waals surface area (Å²) in [5.74, 6) is 1.38. The van der Waals surface area contributed by atoms with Crippen LogP contribution in [0.15, 0.2) is 57.9 Å².